The van der Waals surface area contributed by atoms with Gasteiger partial charge in [-0.1, -0.05) is 11.8 Å². The first kappa shape index (κ1) is 24.1. The predicted molar refractivity (Wildman–Crippen MR) is 125 cm³/mol. The number of thioether (sulfide) groups is 1. The largest absolute Gasteiger partial charge is 0.467 e. The van der Waals surface area contributed by atoms with Gasteiger partial charge in [0, 0.05) is 23.2 Å². The summed E-state index contributed by atoms with van der Waals surface area (Å²) in [5.74, 6) is -2.87. The molecule has 1 fully saturated rings. The van der Waals surface area contributed by atoms with Crippen LogP contribution in [0.15, 0.2) is 40.2 Å². The Morgan fingerprint density at radius 2 is 2.17 bits per heavy atom. The molecule has 0 saturated heterocycles. The molecule has 3 heterocycles. The Morgan fingerprint density at radius 3 is 2.86 bits per heavy atom. The molecule has 3 atom stereocenters. The molecular weight excluding hydrogens is 497 g/mol. The lowest BCUT2D eigenvalue weighted by molar-refractivity contribution is 0.102. The van der Waals surface area contributed by atoms with Crippen molar-refractivity contribution in [1.82, 2.24) is 15.0 Å². The Balaban J connectivity index is 1.38. The maximum absolute atomic E-state index is 15.0. The van der Waals surface area contributed by atoms with Gasteiger partial charge in [-0.2, -0.15) is 0 Å². The van der Waals surface area contributed by atoms with Gasteiger partial charge in [0.05, 0.1) is 28.4 Å². The zero-order valence-corrected chi connectivity index (χ0v) is 20.0. The van der Waals surface area contributed by atoms with E-state index in [1.165, 1.54) is 24.7 Å². The number of nitrogens with zero attached hydrogens (tertiary/aromatic N) is 4. The number of fused-ring (bicyclic) bond motifs is 1. The number of amidine groups is 1. The number of hydrogen-bond donors (Lipinski definition) is 2. The van der Waals surface area contributed by atoms with E-state index < -0.39 is 34.5 Å². The number of nitrogens with one attached hydrogen (secondary N) is 1. The van der Waals surface area contributed by atoms with Gasteiger partial charge in [-0.15, -0.1) is 0 Å². The molecule has 0 spiro atoms. The third-order valence-electron chi connectivity index (χ3n) is 6.38. The number of halogens is 3. The van der Waals surface area contributed by atoms with Crippen LogP contribution in [0, 0.1) is 24.5 Å². The monoisotopic (exact) mass is 518 g/mol. The number of nitrogens with two attached hydrogens (primary N) is 1. The normalized spacial score (nSPS) is 24.6. The third kappa shape index (κ3) is 4.16. The maximum Gasteiger partial charge on any atom is 0.276 e. The molecule has 0 radical (unpaired) electrons. The van der Waals surface area contributed by atoms with E-state index >= 15 is 0 Å². The van der Waals surface area contributed by atoms with Crippen LogP contribution in [-0.4, -0.2) is 37.4 Å². The summed E-state index contributed by atoms with van der Waals surface area (Å²) in [6.45, 7) is 2.51. The first-order valence-electron chi connectivity index (χ1n) is 10.9. The van der Waals surface area contributed by atoms with Crippen molar-refractivity contribution in [2.45, 2.75) is 37.2 Å². The average Bonchev–Trinajstić information content (AvgIpc) is 3.34. The zero-order valence-electron chi connectivity index (χ0n) is 19.2. The van der Waals surface area contributed by atoms with Crippen LogP contribution >= 0.6 is 11.8 Å². The molecule has 1 amide bonds. The maximum atomic E-state index is 15.0. The quantitative estimate of drug-likeness (QED) is 0.482. The van der Waals surface area contributed by atoms with E-state index in [9.17, 15) is 18.0 Å². The van der Waals surface area contributed by atoms with E-state index in [0.717, 1.165) is 17.8 Å². The van der Waals surface area contributed by atoms with Gasteiger partial charge in [-0.25, -0.2) is 28.1 Å². The van der Waals surface area contributed by atoms with Gasteiger partial charge < -0.3 is 20.2 Å². The Morgan fingerprint density at radius 1 is 1.36 bits per heavy atom. The number of oxazole rings is 1. The number of aryl methyl sites for hydroxylation is 1. The molecular formula is C23H21F3N6O3S. The minimum absolute atomic E-state index is 0.0148. The minimum atomic E-state index is -1.29. The fourth-order valence-corrected chi connectivity index (χ4v) is 5.83. The zero-order chi connectivity index (χ0) is 25.7. The fourth-order valence-electron chi connectivity index (χ4n) is 4.50. The fraction of sp³-hybridized carbons (Fsp3) is 0.348. The number of carbonyl (C=O) groups is 1. The summed E-state index contributed by atoms with van der Waals surface area (Å²) in [6, 6.07) is 2.15. The highest BCUT2D eigenvalue weighted by Gasteiger charge is 2.66. The van der Waals surface area contributed by atoms with E-state index in [-0.39, 0.29) is 46.2 Å². The van der Waals surface area contributed by atoms with Gasteiger partial charge in [0.15, 0.2) is 23.4 Å². The number of amides is 1. The van der Waals surface area contributed by atoms with Crippen LogP contribution in [-0.2, 0) is 12.1 Å². The third-order valence-corrected chi connectivity index (χ3v) is 7.64. The van der Waals surface area contributed by atoms with E-state index in [1.807, 2.05) is 0 Å². The van der Waals surface area contributed by atoms with Crippen molar-refractivity contribution in [3.05, 3.63) is 65.3 Å². The number of aliphatic imine (C=N–C) groups is 1. The summed E-state index contributed by atoms with van der Waals surface area (Å²) in [5.41, 5.74) is 4.71. The van der Waals surface area contributed by atoms with Crippen molar-refractivity contribution in [3.8, 4) is 5.88 Å². The number of benzene rings is 1. The van der Waals surface area contributed by atoms with Gasteiger partial charge in [-0.05, 0) is 26.3 Å². The molecule has 9 nitrogen and oxygen atoms in total. The lowest BCUT2D eigenvalue weighted by Crippen LogP contribution is -2.37. The van der Waals surface area contributed by atoms with Crippen LogP contribution in [0.4, 0.5) is 18.9 Å². The van der Waals surface area contributed by atoms with Crippen molar-refractivity contribution < 1.29 is 27.1 Å². The second kappa shape index (κ2) is 8.80. The Hall–Kier alpha value is -3.61. The summed E-state index contributed by atoms with van der Waals surface area (Å²) in [6.07, 6.45) is 4.56. The molecule has 1 aromatic carbocycles. The predicted octanol–water partition coefficient (Wildman–Crippen LogP) is 3.89. The van der Waals surface area contributed by atoms with Gasteiger partial charge in [0.2, 0.25) is 11.8 Å². The molecule has 1 unspecified atom stereocenters. The number of alkyl halides is 1. The van der Waals surface area contributed by atoms with Crippen molar-refractivity contribution in [2.75, 3.05) is 12.0 Å². The van der Waals surface area contributed by atoms with Gasteiger partial charge >= 0.3 is 0 Å². The van der Waals surface area contributed by atoms with Gasteiger partial charge in [0.25, 0.3) is 5.91 Å². The number of rotatable bonds is 7. The Bertz CT molecular complexity index is 1370. The number of ether oxygens (including phenoxy) is 1. The van der Waals surface area contributed by atoms with Crippen molar-refractivity contribution >= 4 is 28.5 Å². The molecule has 2 aromatic heterocycles. The molecule has 188 valence electrons. The lowest BCUT2D eigenvalue weighted by atomic mass is 9.85. The molecule has 0 bridgehead atoms. The van der Waals surface area contributed by atoms with E-state index in [4.69, 9.17) is 14.9 Å². The second-order valence-corrected chi connectivity index (χ2v) is 10.2. The molecule has 1 saturated carbocycles. The summed E-state index contributed by atoms with van der Waals surface area (Å²) in [4.78, 5) is 29.5. The van der Waals surface area contributed by atoms with Crippen molar-refractivity contribution in [2.24, 2.45) is 16.6 Å². The summed E-state index contributed by atoms with van der Waals surface area (Å²) < 4.78 is 53.1. The van der Waals surface area contributed by atoms with E-state index in [1.54, 1.807) is 13.8 Å². The molecule has 1 aliphatic heterocycles. The first-order valence-corrected chi connectivity index (χ1v) is 11.7. The molecule has 3 N–H and O–H groups in total. The number of carbonyl (C=O) groups excluding carboxylic acids is 1. The van der Waals surface area contributed by atoms with Crippen molar-refractivity contribution in [1.29, 1.82) is 0 Å². The highest BCUT2D eigenvalue weighted by atomic mass is 32.2. The van der Waals surface area contributed by atoms with Crippen LogP contribution in [0.2, 0.25) is 0 Å². The molecule has 2 aliphatic rings. The number of anilines is 1. The molecule has 36 heavy (non-hydrogen) atoms. The van der Waals surface area contributed by atoms with Crippen LogP contribution in [0.5, 0.6) is 5.88 Å². The molecule has 1 aliphatic carbocycles. The average molecular weight is 519 g/mol. The molecule has 5 rings (SSSR count). The molecule has 3 aromatic rings. The van der Waals surface area contributed by atoms with Crippen LogP contribution < -0.4 is 15.8 Å². The SMILES string of the molecule is Cc1nc(OCc2ncco2)cnc1C(=O)Nc1cc(F)c(F)c([C@@]2(C)N=C(N)S[C@@]3(CF)CC32)c1. The van der Waals surface area contributed by atoms with Crippen molar-refractivity contribution in [3.63, 3.8) is 0 Å². The topological polar surface area (TPSA) is 129 Å². The van der Waals surface area contributed by atoms with Crippen LogP contribution in [0.1, 0.15) is 41.0 Å². The Kier molecular flexibility index (Phi) is 5.89. The number of hydrogen-bond acceptors (Lipinski definition) is 9. The van der Waals surface area contributed by atoms with Gasteiger partial charge in [0.1, 0.15) is 18.6 Å². The van der Waals surface area contributed by atoms with E-state index in [0.29, 0.717) is 12.3 Å². The smallest absolute Gasteiger partial charge is 0.276 e. The van der Waals surface area contributed by atoms with Gasteiger partial charge in [-0.3, -0.25) is 9.79 Å². The first-order chi connectivity index (χ1) is 17.1. The molecule has 13 heteroatoms. The summed E-state index contributed by atoms with van der Waals surface area (Å²) in [7, 11) is 0. The minimum Gasteiger partial charge on any atom is -0.467 e. The standard InChI is InChI=1S/C23H21F3N6O3S/c1-11-19(29-8-16(30-11)35-9-17-28-3-4-34-17)20(33)31-12-5-13(18(26)14(25)6-12)22(2)15-7-23(15,10-24)36-21(27)32-22/h3-6,8,15H,7,9-10H2,1-2H3,(H2,27,32)(H,31,33)/t15?,22-,23-/m1/s1. The van der Waals surface area contributed by atoms with E-state index in [2.05, 4.69) is 25.3 Å². The lowest BCUT2D eigenvalue weighted by Gasteiger charge is -2.33. The summed E-state index contributed by atoms with van der Waals surface area (Å²) in [5, 5.41) is 2.63. The highest BCUT2D eigenvalue weighted by Crippen LogP contribution is 2.66. The van der Waals surface area contributed by atoms with Crippen LogP contribution in [0.3, 0.4) is 0 Å². The summed E-state index contributed by atoms with van der Waals surface area (Å²) >= 11 is 1.12. The highest BCUT2D eigenvalue weighted by molar-refractivity contribution is 8.15. The Labute approximate surface area is 207 Å². The second-order valence-electron chi connectivity index (χ2n) is 8.79. The van der Waals surface area contributed by atoms with Crippen LogP contribution in [0.25, 0.3) is 0 Å². The number of aromatic nitrogens is 3.